The van der Waals surface area contributed by atoms with Crippen molar-refractivity contribution in [3.8, 4) is 6.07 Å². The number of fused-ring (bicyclic) bond motifs is 1. The topological polar surface area (TPSA) is 27.0 Å². The SMILES string of the molecule is CCN(CC(C)C#N)CC1Cc2ccccc2S1. The minimum absolute atomic E-state index is 0.124. The van der Waals surface area contributed by atoms with Crippen molar-refractivity contribution in [1.29, 1.82) is 5.26 Å². The molecule has 1 aliphatic rings. The van der Waals surface area contributed by atoms with Crippen LogP contribution in [0.4, 0.5) is 0 Å². The van der Waals surface area contributed by atoms with E-state index in [1.165, 1.54) is 10.5 Å². The van der Waals surface area contributed by atoms with Gasteiger partial charge in [0.2, 0.25) is 0 Å². The molecule has 2 rings (SSSR count). The van der Waals surface area contributed by atoms with Crippen molar-refractivity contribution in [3.63, 3.8) is 0 Å². The average molecular weight is 260 g/mol. The highest BCUT2D eigenvalue weighted by Gasteiger charge is 2.23. The highest BCUT2D eigenvalue weighted by atomic mass is 32.2. The summed E-state index contributed by atoms with van der Waals surface area (Å²) in [5, 5.41) is 9.55. The summed E-state index contributed by atoms with van der Waals surface area (Å²) in [5.74, 6) is 0.124. The number of hydrogen-bond acceptors (Lipinski definition) is 3. The minimum Gasteiger partial charge on any atom is -0.301 e. The molecular formula is C15H20N2S. The summed E-state index contributed by atoms with van der Waals surface area (Å²) in [6, 6.07) is 11.0. The minimum atomic E-state index is 0.124. The molecule has 0 spiro atoms. The molecule has 0 bridgehead atoms. The van der Waals surface area contributed by atoms with E-state index in [-0.39, 0.29) is 5.92 Å². The van der Waals surface area contributed by atoms with Crippen molar-refractivity contribution in [1.82, 2.24) is 4.90 Å². The van der Waals surface area contributed by atoms with Crippen LogP contribution in [0.25, 0.3) is 0 Å². The molecule has 3 heteroatoms. The predicted molar refractivity (Wildman–Crippen MR) is 76.7 cm³/mol. The van der Waals surface area contributed by atoms with Crippen molar-refractivity contribution in [2.45, 2.75) is 30.4 Å². The zero-order valence-corrected chi connectivity index (χ0v) is 11.9. The standard InChI is InChI=1S/C15H20N2S/c1-3-17(10-12(2)9-16)11-14-8-13-6-4-5-7-15(13)18-14/h4-7,12,14H,3,8,10-11H2,1-2H3. The summed E-state index contributed by atoms with van der Waals surface area (Å²) in [7, 11) is 0. The summed E-state index contributed by atoms with van der Waals surface area (Å²) >= 11 is 1.99. The molecular weight excluding hydrogens is 240 g/mol. The number of hydrogen-bond donors (Lipinski definition) is 0. The normalized spacial score (nSPS) is 19.6. The maximum Gasteiger partial charge on any atom is 0.0666 e. The van der Waals surface area contributed by atoms with E-state index in [4.69, 9.17) is 5.26 Å². The first-order valence-corrected chi connectivity index (χ1v) is 7.47. The molecule has 2 unspecified atom stereocenters. The molecule has 0 amide bonds. The second-order valence-electron chi connectivity index (χ2n) is 4.93. The zero-order chi connectivity index (χ0) is 13.0. The van der Waals surface area contributed by atoms with Crippen molar-refractivity contribution in [2.75, 3.05) is 19.6 Å². The summed E-state index contributed by atoms with van der Waals surface area (Å²) in [6.07, 6.45) is 1.16. The Labute approximate surface area is 114 Å². The Morgan fingerprint density at radius 3 is 2.94 bits per heavy atom. The first kappa shape index (κ1) is 13.5. The van der Waals surface area contributed by atoms with E-state index in [2.05, 4.69) is 42.2 Å². The van der Waals surface area contributed by atoms with Gasteiger partial charge in [-0.1, -0.05) is 25.1 Å². The maximum absolute atomic E-state index is 8.90. The third-order valence-corrected chi connectivity index (χ3v) is 4.68. The molecule has 0 saturated heterocycles. The molecule has 18 heavy (non-hydrogen) atoms. The summed E-state index contributed by atoms with van der Waals surface area (Å²) in [5.41, 5.74) is 1.48. The molecule has 2 atom stereocenters. The summed E-state index contributed by atoms with van der Waals surface area (Å²) < 4.78 is 0. The lowest BCUT2D eigenvalue weighted by Gasteiger charge is -2.24. The van der Waals surface area contributed by atoms with Gasteiger partial charge in [0.15, 0.2) is 0 Å². The Morgan fingerprint density at radius 2 is 2.28 bits per heavy atom. The van der Waals surface area contributed by atoms with Crippen LogP contribution < -0.4 is 0 Å². The van der Waals surface area contributed by atoms with Crippen LogP contribution in [-0.2, 0) is 6.42 Å². The fraction of sp³-hybridized carbons (Fsp3) is 0.533. The van der Waals surface area contributed by atoms with Crippen molar-refractivity contribution >= 4 is 11.8 Å². The Morgan fingerprint density at radius 1 is 1.50 bits per heavy atom. The third-order valence-electron chi connectivity index (χ3n) is 3.38. The Bertz CT molecular complexity index is 413. The Balaban J connectivity index is 1.90. The van der Waals surface area contributed by atoms with Crippen molar-refractivity contribution < 1.29 is 0 Å². The first-order chi connectivity index (χ1) is 8.72. The zero-order valence-electron chi connectivity index (χ0n) is 11.1. The smallest absolute Gasteiger partial charge is 0.0666 e. The van der Waals surface area contributed by atoms with Gasteiger partial charge < -0.3 is 4.90 Å². The van der Waals surface area contributed by atoms with Gasteiger partial charge in [-0.25, -0.2) is 0 Å². The second kappa shape index (κ2) is 6.26. The fourth-order valence-corrected chi connectivity index (χ4v) is 3.77. The van der Waals surface area contributed by atoms with Gasteiger partial charge in [-0.15, -0.1) is 11.8 Å². The highest BCUT2D eigenvalue weighted by molar-refractivity contribution is 8.00. The third kappa shape index (κ3) is 3.28. The van der Waals surface area contributed by atoms with Gasteiger partial charge in [0.25, 0.3) is 0 Å². The van der Waals surface area contributed by atoms with Gasteiger partial charge in [0, 0.05) is 23.2 Å². The van der Waals surface area contributed by atoms with Crippen molar-refractivity contribution in [2.24, 2.45) is 5.92 Å². The van der Waals surface area contributed by atoms with E-state index in [0.29, 0.717) is 5.25 Å². The molecule has 1 aromatic rings. The number of rotatable bonds is 5. The lowest BCUT2D eigenvalue weighted by atomic mass is 10.1. The number of nitriles is 1. The average Bonchev–Trinajstić information content (AvgIpc) is 2.79. The summed E-state index contributed by atoms with van der Waals surface area (Å²) in [6.45, 7) is 7.18. The number of benzene rings is 1. The summed E-state index contributed by atoms with van der Waals surface area (Å²) in [4.78, 5) is 3.84. The monoisotopic (exact) mass is 260 g/mol. The van der Waals surface area contributed by atoms with E-state index in [0.717, 1.165) is 26.1 Å². The van der Waals surface area contributed by atoms with Crippen LogP contribution in [0.15, 0.2) is 29.2 Å². The first-order valence-electron chi connectivity index (χ1n) is 6.59. The van der Waals surface area contributed by atoms with E-state index < -0.39 is 0 Å². The molecule has 0 fully saturated rings. The molecule has 1 aromatic carbocycles. The van der Waals surface area contributed by atoms with Gasteiger partial charge >= 0.3 is 0 Å². The van der Waals surface area contributed by atoms with Crippen LogP contribution in [-0.4, -0.2) is 29.8 Å². The molecule has 2 nitrogen and oxygen atoms in total. The van der Waals surface area contributed by atoms with Crippen LogP contribution >= 0.6 is 11.8 Å². The van der Waals surface area contributed by atoms with E-state index in [1.54, 1.807) is 0 Å². The second-order valence-corrected chi connectivity index (χ2v) is 6.28. The lowest BCUT2D eigenvalue weighted by Crippen LogP contribution is -2.34. The van der Waals surface area contributed by atoms with Crippen molar-refractivity contribution in [3.05, 3.63) is 29.8 Å². The van der Waals surface area contributed by atoms with Crippen LogP contribution in [0.2, 0.25) is 0 Å². The molecule has 0 saturated carbocycles. The van der Waals surface area contributed by atoms with Crippen LogP contribution in [0.5, 0.6) is 0 Å². The van der Waals surface area contributed by atoms with Crippen LogP contribution in [0, 0.1) is 17.2 Å². The number of nitrogens with zero attached hydrogens (tertiary/aromatic N) is 2. The molecule has 1 aliphatic heterocycles. The van der Waals surface area contributed by atoms with Gasteiger partial charge in [0.05, 0.1) is 12.0 Å². The molecule has 1 heterocycles. The van der Waals surface area contributed by atoms with Gasteiger partial charge in [-0.05, 0) is 31.5 Å². The van der Waals surface area contributed by atoms with Crippen LogP contribution in [0.3, 0.4) is 0 Å². The maximum atomic E-state index is 8.90. The van der Waals surface area contributed by atoms with Gasteiger partial charge in [-0.3, -0.25) is 0 Å². The van der Waals surface area contributed by atoms with Gasteiger partial charge in [0.1, 0.15) is 0 Å². The number of thioether (sulfide) groups is 1. The Hall–Kier alpha value is -0.980. The van der Waals surface area contributed by atoms with Crippen LogP contribution in [0.1, 0.15) is 19.4 Å². The molecule has 0 N–H and O–H groups in total. The predicted octanol–water partition coefficient (Wildman–Crippen LogP) is 3.18. The quantitative estimate of drug-likeness (QED) is 0.813. The van der Waals surface area contributed by atoms with E-state index >= 15 is 0 Å². The van der Waals surface area contributed by atoms with E-state index in [1.807, 2.05) is 18.7 Å². The van der Waals surface area contributed by atoms with E-state index in [9.17, 15) is 0 Å². The van der Waals surface area contributed by atoms with Gasteiger partial charge in [-0.2, -0.15) is 5.26 Å². The molecule has 0 aromatic heterocycles. The molecule has 96 valence electrons. The lowest BCUT2D eigenvalue weighted by molar-refractivity contribution is 0.269. The molecule has 0 aliphatic carbocycles. The Kier molecular flexibility index (Phi) is 4.68. The molecule has 0 radical (unpaired) electrons. The highest BCUT2D eigenvalue weighted by Crippen LogP contribution is 2.37. The largest absolute Gasteiger partial charge is 0.301 e. The fourth-order valence-electron chi connectivity index (χ4n) is 2.40.